The fourth-order valence-electron chi connectivity index (χ4n) is 2.11. The quantitative estimate of drug-likeness (QED) is 0.680. The molecular weight excluding hydrogens is 232 g/mol. The van der Waals surface area contributed by atoms with Crippen molar-refractivity contribution in [3.63, 3.8) is 0 Å². The van der Waals surface area contributed by atoms with E-state index in [9.17, 15) is 9.59 Å². The molecule has 1 saturated carbocycles. The van der Waals surface area contributed by atoms with Gasteiger partial charge < -0.3 is 15.7 Å². The van der Waals surface area contributed by atoms with Gasteiger partial charge in [0.1, 0.15) is 0 Å². The summed E-state index contributed by atoms with van der Waals surface area (Å²) in [6.07, 6.45) is 2.98. The Morgan fingerprint density at radius 1 is 1.28 bits per heavy atom. The third-order valence-corrected chi connectivity index (χ3v) is 3.92. The number of amides is 2. The zero-order chi connectivity index (χ0) is 13.8. The molecule has 1 aliphatic carbocycles. The van der Waals surface area contributed by atoms with Gasteiger partial charge in [-0.25, -0.2) is 4.79 Å². The van der Waals surface area contributed by atoms with Crippen molar-refractivity contribution in [2.45, 2.75) is 52.5 Å². The van der Waals surface area contributed by atoms with Crippen molar-refractivity contribution in [2.24, 2.45) is 11.3 Å². The molecular formula is C13H24N2O3. The summed E-state index contributed by atoms with van der Waals surface area (Å²) in [5.74, 6) is -0.403. The minimum atomic E-state index is -0.785. The highest BCUT2D eigenvalue weighted by Crippen LogP contribution is 2.43. The maximum Gasteiger partial charge on any atom is 0.315 e. The molecule has 0 spiro atoms. The lowest BCUT2D eigenvalue weighted by atomic mass is 9.66. The molecule has 3 N–H and O–H groups in total. The molecule has 1 fully saturated rings. The number of rotatable bonds is 6. The van der Waals surface area contributed by atoms with Gasteiger partial charge in [0.25, 0.3) is 0 Å². The van der Waals surface area contributed by atoms with E-state index in [1.54, 1.807) is 0 Å². The number of hydrogen-bond donors (Lipinski definition) is 3. The SMILES string of the molecule is CC(C)C(C)NC(=O)NCC1(CC(=O)O)CCC1. The number of carbonyl (C=O) groups excluding carboxylic acids is 1. The van der Waals surface area contributed by atoms with Crippen molar-refractivity contribution in [1.82, 2.24) is 10.6 Å². The molecule has 1 atom stereocenters. The minimum absolute atomic E-state index is 0.113. The maximum absolute atomic E-state index is 11.7. The summed E-state index contributed by atoms with van der Waals surface area (Å²) in [5.41, 5.74) is -0.218. The Labute approximate surface area is 108 Å². The van der Waals surface area contributed by atoms with Crippen molar-refractivity contribution < 1.29 is 14.7 Å². The first kappa shape index (κ1) is 14.8. The second-order valence-corrected chi connectivity index (χ2v) is 5.78. The van der Waals surface area contributed by atoms with Crippen LogP contribution in [-0.4, -0.2) is 29.7 Å². The Bertz CT molecular complexity index is 311. The van der Waals surface area contributed by atoms with Gasteiger partial charge in [-0.2, -0.15) is 0 Å². The van der Waals surface area contributed by atoms with E-state index >= 15 is 0 Å². The van der Waals surface area contributed by atoms with Gasteiger partial charge in [0.05, 0.1) is 6.42 Å². The summed E-state index contributed by atoms with van der Waals surface area (Å²) in [7, 11) is 0. The molecule has 0 aliphatic heterocycles. The standard InChI is InChI=1S/C13H24N2O3/c1-9(2)10(3)15-12(18)14-8-13(5-4-6-13)7-11(16)17/h9-10H,4-8H2,1-3H3,(H,16,17)(H2,14,15,18). The highest BCUT2D eigenvalue weighted by atomic mass is 16.4. The molecule has 0 aromatic heterocycles. The van der Waals surface area contributed by atoms with Gasteiger partial charge in [0, 0.05) is 12.6 Å². The van der Waals surface area contributed by atoms with Crippen LogP contribution < -0.4 is 10.6 Å². The van der Waals surface area contributed by atoms with Crippen LogP contribution in [0.4, 0.5) is 4.79 Å². The fourth-order valence-corrected chi connectivity index (χ4v) is 2.11. The molecule has 0 aromatic carbocycles. The van der Waals surface area contributed by atoms with Crippen molar-refractivity contribution in [3.05, 3.63) is 0 Å². The number of nitrogens with one attached hydrogen (secondary N) is 2. The van der Waals surface area contributed by atoms with Gasteiger partial charge in [-0.15, -0.1) is 0 Å². The van der Waals surface area contributed by atoms with Crippen LogP contribution in [0.5, 0.6) is 0 Å². The Morgan fingerprint density at radius 2 is 1.89 bits per heavy atom. The summed E-state index contributed by atoms with van der Waals surface area (Å²) in [6, 6.07) is -0.0883. The molecule has 5 heteroatoms. The second kappa shape index (κ2) is 6.07. The monoisotopic (exact) mass is 256 g/mol. The largest absolute Gasteiger partial charge is 0.481 e. The van der Waals surface area contributed by atoms with Gasteiger partial charge in [0.15, 0.2) is 0 Å². The van der Waals surface area contributed by atoms with Crippen LogP contribution in [0.3, 0.4) is 0 Å². The molecule has 1 unspecified atom stereocenters. The highest BCUT2D eigenvalue weighted by Gasteiger charge is 2.39. The van der Waals surface area contributed by atoms with E-state index < -0.39 is 5.97 Å². The summed E-state index contributed by atoms with van der Waals surface area (Å²) in [6.45, 7) is 6.50. The van der Waals surface area contributed by atoms with E-state index in [1.165, 1.54) is 0 Å². The second-order valence-electron chi connectivity index (χ2n) is 5.78. The predicted octanol–water partition coefficient (Wildman–Crippen LogP) is 1.98. The molecule has 0 heterocycles. The molecule has 0 radical (unpaired) electrons. The molecule has 104 valence electrons. The number of carboxylic acids is 1. The number of carboxylic acid groups (broad SMARTS) is 1. The van der Waals surface area contributed by atoms with Crippen LogP contribution in [0.2, 0.25) is 0 Å². The van der Waals surface area contributed by atoms with Gasteiger partial charge in [-0.1, -0.05) is 20.3 Å². The molecule has 1 aliphatic rings. The Hall–Kier alpha value is -1.26. The fraction of sp³-hybridized carbons (Fsp3) is 0.846. The first-order valence-corrected chi connectivity index (χ1v) is 6.61. The summed E-state index contributed by atoms with van der Waals surface area (Å²) >= 11 is 0. The van der Waals surface area contributed by atoms with Crippen LogP contribution in [-0.2, 0) is 4.79 Å². The average Bonchev–Trinajstić information content (AvgIpc) is 2.21. The lowest BCUT2D eigenvalue weighted by Crippen LogP contribution is -2.49. The molecule has 0 aromatic rings. The Morgan fingerprint density at radius 3 is 2.28 bits per heavy atom. The van der Waals surface area contributed by atoms with Gasteiger partial charge in [-0.3, -0.25) is 4.79 Å². The zero-order valence-corrected chi connectivity index (χ0v) is 11.5. The van der Waals surface area contributed by atoms with E-state index in [2.05, 4.69) is 10.6 Å². The van der Waals surface area contributed by atoms with Crippen LogP contribution in [0.15, 0.2) is 0 Å². The first-order valence-electron chi connectivity index (χ1n) is 6.61. The van der Waals surface area contributed by atoms with Crippen molar-refractivity contribution in [1.29, 1.82) is 0 Å². The molecule has 2 amide bonds. The van der Waals surface area contributed by atoms with E-state index in [-0.39, 0.29) is 23.9 Å². The van der Waals surface area contributed by atoms with Crippen LogP contribution in [0.25, 0.3) is 0 Å². The Balaban J connectivity index is 2.34. The zero-order valence-electron chi connectivity index (χ0n) is 11.5. The maximum atomic E-state index is 11.7. The van der Waals surface area contributed by atoms with Gasteiger partial charge >= 0.3 is 12.0 Å². The lowest BCUT2D eigenvalue weighted by Gasteiger charge is -2.40. The van der Waals surface area contributed by atoms with E-state index in [0.717, 1.165) is 19.3 Å². The predicted molar refractivity (Wildman–Crippen MR) is 69.4 cm³/mol. The third kappa shape index (κ3) is 4.20. The molecule has 1 rings (SSSR count). The lowest BCUT2D eigenvalue weighted by molar-refractivity contribution is -0.141. The van der Waals surface area contributed by atoms with Crippen molar-refractivity contribution in [2.75, 3.05) is 6.54 Å². The summed E-state index contributed by atoms with van der Waals surface area (Å²) in [4.78, 5) is 22.5. The Kier molecular flexibility index (Phi) is 4.99. The van der Waals surface area contributed by atoms with Crippen molar-refractivity contribution >= 4 is 12.0 Å². The average molecular weight is 256 g/mol. The number of aliphatic carboxylic acids is 1. The number of carbonyl (C=O) groups is 2. The molecule has 0 saturated heterocycles. The minimum Gasteiger partial charge on any atom is -0.481 e. The van der Waals surface area contributed by atoms with E-state index in [0.29, 0.717) is 12.5 Å². The first-order chi connectivity index (χ1) is 8.34. The number of urea groups is 1. The molecule has 5 nitrogen and oxygen atoms in total. The highest BCUT2D eigenvalue weighted by molar-refractivity contribution is 5.74. The van der Waals surface area contributed by atoms with E-state index in [4.69, 9.17) is 5.11 Å². The third-order valence-electron chi connectivity index (χ3n) is 3.92. The van der Waals surface area contributed by atoms with Crippen LogP contribution in [0, 0.1) is 11.3 Å². The molecule has 18 heavy (non-hydrogen) atoms. The van der Waals surface area contributed by atoms with Crippen LogP contribution in [0.1, 0.15) is 46.5 Å². The molecule has 0 bridgehead atoms. The van der Waals surface area contributed by atoms with E-state index in [1.807, 2.05) is 20.8 Å². The summed E-state index contributed by atoms with van der Waals surface area (Å²) < 4.78 is 0. The van der Waals surface area contributed by atoms with Crippen molar-refractivity contribution in [3.8, 4) is 0 Å². The topological polar surface area (TPSA) is 78.4 Å². The normalized spacial score (nSPS) is 18.9. The number of hydrogen-bond acceptors (Lipinski definition) is 2. The van der Waals surface area contributed by atoms with Crippen LogP contribution >= 0.6 is 0 Å². The summed E-state index contributed by atoms with van der Waals surface area (Å²) in [5, 5.41) is 14.5. The van der Waals surface area contributed by atoms with Gasteiger partial charge in [0.2, 0.25) is 0 Å². The van der Waals surface area contributed by atoms with Gasteiger partial charge in [-0.05, 0) is 31.1 Å². The smallest absolute Gasteiger partial charge is 0.315 e.